The average molecular weight is 234 g/mol. The smallest absolute Gasteiger partial charge is 0.305 e. The summed E-state index contributed by atoms with van der Waals surface area (Å²) in [6.07, 6.45) is 2.66. The molecule has 0 heterocycles. The molecule has 17 heavy (non-hydrogen) atoms. The van der Waals surface area contributed by atoms with Gasteiger partial charge in [0.2, 0.25) is 0 Å². The third-order valence-electron chi connectivity index (χ3n) is 2.54. The molecular weight excluding hydrogens is 216 g/mol. The first-order chi connectivity index (χ1) is 8.13. The summed E-state index contributed by atoms with van der Waals surface area (Å²) in [5, 5.41) is 7.87. The molecule has 0 bridgehead atoms. The Bertz CT molecular complexity index is 385. The van der Waals surface area contributed by atoms with Gasteiger partial charge in [0, 0.05) is 17.8 Å². The van der Waals surface area contributed by atoms with Crippen molar-refractivity contribution in [3.63, 3.8) is 0 Å². The van der Waals surface area contributed by atoms with Crippen LogP contribution in [0.4, 0.5) is 5.69 Å². The molecule has 0 aliphatic heterocycles. The number of carbonyl (C=O) groups is 1. The van der Waals surface area contributed by atoms with Gasteiger partial charge >= 0.3 is 5.97 Å². The van der Waals surface area contributed by atoms with Gasteiger partial charge in [-0.05, 0) is 37.0 Å². The summed E-state index contributed by atoms with van der Waals surface area (Å²) in [5.74, 6) is -0.191. The normalized spacial score (nSPS) is 9.94. The second kappa shape index (κ2) is 6.68. The number of rotatable bonds is 6. The number of esters is 1. The van der Waals surface area contributed by atoms with Gasteiger partial charge in [0.1, 0.15) is 0 Å². The molecule has 0 fully saturated rings. The quantitative estimate of drug-likeness (QED) is 0.343. The van der Waals surface area contributed by atoms with Gasteiger partial charge in [-0.25, -0.2) is 0 Å². The van der Waals surface area contributed by atoms with Crippen molar-refractivity contribution in [1.29, 1.82) is 5.41 Å². The van der Waals surface area contributed by atoms with E-state index in [2.05, 4.69) is 4.74 Å². The SMILES string of the molecule is COC(=O)CCCCC(=N)c1ccc(N)cc1. The lowest BCUT2D eigenvalue weighted by Crippen LogP contribution is -2.02. The summed E-state index contributed by atoms with van der Waals surface area (Å²) in [6.45, 7) is 0. The van der Waals surface area contributed by atoms with E-state index in [1.807, 2.05) is 12.1 Å². The van der Waals surface area contributed by atoms with Crippen LogP contribution in [0.1, 0.15) is 31.2 Å². The minimum absolute atomic E-state index is 0.191. The number of hydrogen-bond acceptors (Lipinski definition) is 4. The number of carbonyl (C=O) groups excluding carboxylic acids is 1. The van der Waals surface area contributed by atoms with Gasteiger partial charge in [-0.2, -0.15) is 0 Å². The Hall–Kier alpha value is -1.84. The Balaban J connectivity index is 2.30. The molecule has 0 radical (unpaired) electrons. The highest BCUT2D eigenvalue weighted by atomic mass is 16.5. The van der Waals surface area contributed by atoms with E-state index < -0.39 is 0 Å². The van der Waals surface area contributed by atoms with E-state index in [0.29, 0.717) is 24.2 Å². The van der Waals surface area contributed by atoms with Gasteiger partial charge in [0.05, 0.1) is 7.11 Å². The maximum absolute atomic E-state index is 10.9. The molecule has 4 nitrogen and oxygen atoms in total. The van der Waals surface area contributed by atoms with Gasteiger partial charge in [-0.1, -0.05) is 12.1 Å². The van der Waals surface area contributed by atoms with Crippen LogP contribution < -0.4 is 5.73 Å². The molecule has 92 valence electrons. The number of unbranched alkanes of at least 4 members (excludes halogenated alkanes) is 1. The highest BCUT2D eigenvalue weighted by Gasteiger charge is 2.03. The molecule has 0 spiro atoms. The number of methoxy groups -OCH3 is 1. The zero-order valence-electron chi connectivity index (χ0n) is 10.0. The van der Waals surface area contributed by atoms with Crippen LogP contribution in [0.2, 0.25) is 0 Å². The van der Waals surface area contributed by atoms with E-state index in [1.165, 1.54) is 7.11 Å². The minimum atomic E-state index is -0.191. The van der Waals surface area contributed by atoms with Crippen molar-refractivity contribution in [2.45, 2.75) is 25.7 Å². The molecule has 0 saturated carbocycles. The van der Waals surface area contributed by atoms with Crippen molar-refractivity contribution < 1.29 is 9.53 Å². The Morgan fingerprint density at radius 3 is 2.41 bits per heavy atom. The summed E-state index contributed by atoms with van der Waals surface area (Å²) < 4.78 is 4.55. The van der Waals surface area contributed by atoms with E-state index in [-0.39, 0.29) is 5.97 Å². The lowest BCUT2D eigenvalue weighted by atomic mass is 10.0. The molecule has 0 amide bonds. The molecule has 3 N–H and O–H groups in total. The maximum Gasteiger partial charge on any atom is 0.305 e. The fourth-order valence-electron chi connectivity index (χ4n) is 1.50. The Morgan fingerprint density at radius 1 is 1.24 bits per heavy atom. The van der Waals surface area contributed by atoms with Gasteiger partial charge in [0.15, 0.2) is 0 Å². The predicted molar refractivity (Wildman–Crippen MR) is 68.2 cm³/mol. The molecule has 4 heteroatoms. The molecule has 0 aromatic heterocycles. The van der Waals surface area contributed by atoms with Crippen LogP contribution in [0.3, 0.4) is 0 Å². The molecule has 1 rings (SSSR count). The molecule has 0 unspecified atom stereocenters. The van der Waals surface area contributed by atoms with Crippen molar-refractivity contribution in [1.82, 2.24) is 0 Å². The molecule has 1 aromatic rings. The maximum atomic E-state index is 10.9. The first-order valence-corrected chi connectivity index (χ1v) is 5.63. The van der Waals surface area contributed by atoms with Crippen molar-refractivity contribution in [2.24, 2.45) is 0 Å². The molecule has 0 atom stereocenters. The predicted octanol–water partition coefficient (Wildman–Crippen LogP) is 2.37. The standard InChI is InChI=1S/C13H18N2O2/c1-17-13(16)5-3-2-4-12(15)10-6-8-11(14)9-7-10/h6-9,15H,2-5,14H2,1H3. The number of nitrogen functional groups attached to an aromatic ring is 1. The van der Waals surface area contributed by atoms with Crippen LogP contribution in [-0.4, -0.2) is 18.8 Å². The van der Waals surface area contributed by atoms with Crippen molar-refractivity contribution in [3.05, 3.63) is 29.8 Å². The van der Waals surface area contributed by atoms with E-state index in [4.69, 9.17) is 11.1 Å². The van der Waals surface area contributed by atoms with Gasteiger partial charge in [-0.3, -0.25) is 4.79 Å². The largest absolute Gasteiger partial charge is 0.469 e. The van der Waals surface area contributed by atoms with Gasteiger partial charge in [-0.15, -0.1) is 0 Å². The highest BCUT2D eigenvalue weighted by Crippen LogP contribution is 2.10. The van der Waals surface area contributed by atoms with Crippen molar-refractivity contribution >= 4 is 17.4 Å². The van der Waals surface area contributed by atoms with Crippen LogP contribution in [-0.2, 0) is 9.53 Å². The number of nitrogens with two attached hydrogens (primary N) is 1. The highest BCUT2D eigenvalue weighted by molar-refractivity contribution is 5.98. The molecule has 0 aliphatic carbocycles. The summed E-state index contributed by atoms with van der Waals surface area (Å²) in [7, 11) is 1.39. The monoisotopic (exact) mass is 234 g/mol. The van der Waals surface area contributed by atoms with E-state index in [1.54, 1.807) is 12.1 Å². The summed E-state index contributed by atoms with van der Waals surface area (Å²) >= 11 is 0. The van der Waals surface area contributed by atoms with E-state index >= 15 is 0 Å². The third kappa shape index (κ3) is 4.68. The van der Waals surface area contributed by atoms with Crippen LogP contribution in [0.15, 0.2) is 24.3 Å². The Kier molecular flexibility index (Phi) is 5.20. The molecule has 0 aliphatic rings. The fraction of sp³-hybridized carbons (Fsp3) is 0.385. The lowest BCUT2D eigenvalue weighted by Gasteiger charge is -2.04. The summed E-state index contributed by atoms with van der Waals surface area (Å²) in [4.78, 5) is 10.9. The number of hydrogen-bond donors (Lipinski definition) is 2. The van der Waals surface area contributed by atoms with Crippen molar-refractivity contribution in [2.75, 3.05) is 12.8 Å². The van der Waals surface area contributed by atoms with Gasteiger partial charge < -0.3 is 15.9 Å². The number of anilines is 1. The van der Waals surface area contributed by atoms with Crippen molar-refractivity contribution in [3.8, 4) is 0 Å². The lowest BCUT2D eigenvalue weighted by molar-refractivity contribution is -0.140. The third-order valence-corrected chi connectivity index (χ3v) is 2.54. The van der Waals surface area contributed by atoms with Gasteiger partial charge in [0.25, 0.3) is 0 Å². The van der Waals surface area contributed by atoms with E-state index in [9.17, 15) is 4.79 Å². The van der Waals surface area contributed by atoms with Crippen LogP contribution in [0, 0.1) is 5.41 Å². The number of benzene rings is 1. The Morgan fingerprint density at radius 2 is 1.82 bits per heavy atom. The Labute approximate surface area is 101 Å². The molecule has 0 saturated heterocycles. The minimum Gasteiger partial charge on any atom is -0.469 e. The first-order valence-electron chi connectivity index (χ1n) is 5.63. The second-order valence-corrected chi connectivity index (χ2v) is 3.88. The van der Waals surface area contributed by atoms with Crippen LogP contribution >= 0.6 is 0 Å². The van der Waals surface area contributed by atoms with Crippen LogP contribution in [0.5, 0.6) is 0 Å². The fourth-order valence-corrected chi connectivity index (χ4v) is 1.50. The summed E-state index contributed by atoms with van der Waals surface area (Å²) in [6, 6.07) is 7.27. The second-order valence-electron chi connectivity index (χ2n) is 3.88. The van der Waals surface area contributed by atoms with E-state index in [0.717, 1.165) is 18.4 Å². The van der Waals surface area contributed by atoms with Crippen LogP contribution in [0.25, 0.3) is 0 Å². The number of ether oxygens (including phenoxy) is 1. The number of nitrogens with one attached hydrogen (secondary N) is 1. The molecular formula is C13H18N2O2. The molecule has 1 aromatic carbocycles. The average Bonchev–Trinajstić information content (AvgIpc) is 2.34. The summed E-state index contributed by atoms with van der Waals surface area (Å²) in [5.41, 5.74) is 7.74. The zero-order valence-corrected chi connectivity index (χ0v) is 10.0. The zero-order chi connectivity index (χ0) is 12.7. The first kappa shape index (κ1) is 13.2. The topological polar surface area (TPSA) is 76.2 Å².